The first-order chi connectivity index (χ1) is 14.6. The number of thiazole rings is 1. The Morgan fingerprint density at radius 2 is 1.83 bits per heavy atom. The molecule has 1 fully saturated rings. The van der Waals surface area contributed by atoms with Crippen molar-refractivity contribution < 1.29 is 14.3 Å². The van der Waals surface area contributed by atoms with Crippen molar-refractivity contribution in [3.63, 3.8) is 0 Å². The van der Waals surface area contributed by atoms with E-state index in [1.807, 2.05) is 12.1 Å². The Bertz CT molecular complexity index is 1050. The minimum absolute atomic E-state index is 0.0571. The lowest BCUT2D eigenvalue weighted by atomic mass is 9.89. The zero-order valence-corrected chi connectivity index (χ0v) is 17.9. The topological polar surface area (TPSA) is 80.3 Å². The molecule has 0 radical (unpaired) electrons. The van der Waals surface area contributed by atoms with E-state index in [1.165, 1.54) is 17.8 Å². The van der Waals surface area contributed by atoms with Gasteiger partial charge in [-0.2, -0.15) is 0 Å². The predicted molar refractivity (Wildman–Crippen MR) is 120 cm³/mol. The largest absolute Gasteiger partial charge is 0.484 e. The first kappa shape index (κ1) is 20.6. The zero-order valence-electron chi connectivity index (χ0n) is 16.3. The second kappa shape index (κ2) is 9.45. The Morgan fingerprint density at radius 3 is 2.60 bits per heavy atom. The van der Waals surface area contributed by atoms with Crippen LogP contribution in [0.15, 0.2) is 42.5 Å². The van der Waals surface area contributed by atoms with Crippen LogP contribution in [-0.2, 0) is 9.59 Å². The van der Waals surface area contributed by atoms with Crippen LogP contribution in [0.1, 0.15) is 32.1 Å². The lowest BCUT2D eigenvalue weighted by Crippen LogP contribution is -2.24. The summed E-state index contributed by atoms with van der Waals surface area (Å²) in [5.74, 6) is 0.441. The maximum atomic E-state index is 12.4. The molecule has 0 aliphatic heterocycles. The van der Waals surface area contributed by atoms with E-state index in [2.05, 4.69) is 15.6 Å². The Hall–Kier alpha value is -2.64. The number of amides is 2. The number of carbonyl (C=O) groups is 2. The molecule has 0 unspecified atom stereocenters. The van der Waals surface area contributed by atoms with E-state index >= 15 is 0 Å². The summed E-state index contributed by atoms with van der Waals surface area (Å²) in [5, 5.41) is 6.96. The molecule has 0 atom stereocenters. The molecule has 0 bridgehead atoms. The van der Waals surface area contributed by atoms with Crippen molar-refractivity contribution in [2.45, 2.75) is 32.1 Å². The van der Waals surface area contributed by atoms with E-state index in [-0.39, 0.29) is 24.3 Å². The summed E-state index contributed by atoms with van der Waals surface area (Å²) in [6.07, 6.45) is 5.34. The van der Waals surface area contributed by atoms with E-state index in [4.69, 9.17) is 16.3 Å². The molecule has 1 heterocycles. The van der Waals surface area contributed by atoms with Gasteiger partial charge < -0.3 is 15.4 Å². The number of ether oxygens (including phenoxy) is 1. The van der Waals surface area contributed by atoms with Gasteiger partial charge in [0.15, 0.2) is 11.7 Å². The fraction of sp³-hybridized carbons (Fsp3) is 0.318. The molecule has 0 saturated heterocycles. The summed E-state index contributed by atoms with van der Waals surface area (Å²) in [6.45, 7) is -0.112. The molecule has 8 heteroatoms. The van der Waals surface area contributed by atoms with Crippen molar-refractivity contribution in [3.8, 4) is 5.75 Å². The number of halogens is 1. The van der Waals surface area contributed by atoms with Gasteiger partial charge in [-0.05, 0) is 55.3 Å². The number of hydrogen-bond acceptors (Lipinski definition) is 5. The van der Waals surface area contributed by atoms with Gasteiger partial charge in [-0.1, -0.05) is 42.2 Å². The molecule has 0 spiro atoms. The van der Waals surface area contributed by atoms with Gasteiger partial charge in [0.05, 0.1) is 10.2 Å². The summed E-state index contributed by atoms with van der Waals surface area (Å²) in [7, 11) is 0. The monoisotopic (exact) mass is 443 g/mol. The highest BCUT2D eigenvalue weighted by Crippen LogP contribution is 2.30. The van der Waals surface area contributed by atoms with Gasteiger partial charge in [0.1, 0.15) is 5.75 Å². The van der Waals surface area contributed by atoms with Crippen molar-refractivity contribution in [3.05, 3.63) is 47.5 Å². The van der Waals surface area contributed by atoms with Crippen molar-refractivity contribution in [2.75, 3.05) is 17.2 Å². The number of hydrogen-bond donors (Lipinski definition) is 2. The third-order valence-electron chi connectivity index (χ3n) is 5.06. The Kier molecular flexibility index (Phi) is 6.50. The molecule has 1 saturated carbocycles. The third-order valence-corrected chi connectivity index (χ3v) is 6.26. The van der Waals surface area contributed by atoms with E-state index in [0.717, 1.165) is 35.9 Å². The molecule has 30 heavy (non-hydrogen) atoms. The van der Waals surface area contributed by atoms with Crippen molar-refractivity contribution in [2.24, 2.45) is 5.92 Å². The van der Waals surface area contributed by atoms with Crippen LogP contribution in [0, 0.1) is 5.92 Å². The number of benzene rings is 2. The van der Waals surface area contributed by atoms with Gasteiger partial charge in [-0.15, -0.1) is 0 Å². The lowest BCUT2D eigenvalue weighted by Gasteiger charge is -2.19. The second-order valence-electron chi connectivity index (χ2n) is 7.32. The molecule has 2 N–H and O–H groups in total. The Morgan fingerprint density at radius 1 is 1.07 bits per heavy atom. The molecule has 4 rings (SSSR count). The van der Waals surface area contributed by atoms with Crippen molar-refractivity contribution in [1.29, 1.82) is 0 Å². The van der Waals surface area contributed by atoms with E-state index in [0.29, 0.717) is 21.6 Å². The van der Waals surface area contributed by atoms with Gasteiger partial charge in [0.25, 0.3) is 5.91 Å². The van der Waals surface area contributed by atoms with Crippen LogP contribution in [-0.4, -0.2) is 23.4 Å². The van der Waals surface area contributed by atoms with Gasteiger partial charge >= 0.3 is 0 Å². The highest BCUT2D eigenvalue weighted by atomic mass is 35.5. The molecule has 3 aromatic rings. The number of aromatic nitrogens is 1. The number of nitrogens with zero attached hydrogens (tertiary/aromatic N) is 1. The lowest BCUT2D eigenvalue weighted by molar-refractivity contribution is -0.120. The van der Waals surface area contributed by atoms with E-state index in [1.54, 1.807) is 30.3 Å². The van der Waals surface area contributed by atoms with Crippen LogP contribution in [0.2, 0.25) is 5.02 Å². The van der Waals surface area contributed by atoms with Gasteiger partial charge in [0, 0.05) is 16.6 Å². The molecule has 1 aromatic heterocycles. The average molecular weight is 444 g/mol. The van der Waals surface area contributed by atoms with Crippen molar-refractivity contribution in [1.82, 2.24) is 4.98 Å². The van der Waals surface area contributed by atoms with Gasteiger partial charge in [-0.25, -0.2) is 4.98 Å². The minimum atomic E-state index is -0.273. The number of nitrogens with one attached hydrogen (secondary N) is 2. The summed E-state index contributed by atoms with van der Waals surface area (Å²) < 4.78 is 6.40. The number of fused-ring (bicyclic) bond motifs is 1. The van der Waals surface area contributed by atoms with Crippen LogP contribution in [0.4, 0.5) is 10.8 Å². The average Bonchev–Trinajstić information content (AvgIpc) is 3.15. The highest BCUT2D eigenvalue weighted by Gasteiger charge is 2.22. The summed E-state index contributed by atoms with van der Waals surface area (Å²) in [5.41, 5.74) is 1.36. The van der Waals surface area contributed by atoms with Gasteiger partial charge in [-0.3, -0.25) is 9.59 Å². The van der Waals surface area contributed by atoms with Crippen LogP contribution in [0.3, 0.4) is 0 Å². The van der Waals surface area contributed by atoms with Crippen LogP contribution >= 0.6 is 22.9 Å². The maximum absolute atomic E-state index is 12.4. The van der Waals surface area contributed by atoms with Crippen LogP contribution < -0.4 is 15.4 Å². The molecule has 1 aliphatic rings. The van der Waals surface area contributed by atoms with E-state index in [9.17, 15) is 9.59 Å². The molecule has 6 nitrogen and oxygen atoms in total. The fourth-order valence-corrected chi connectivity index (χ4v) is 4.48. The molecule has 2 amide bonds. The molecular weight excluding hydrogens is 422 g/mol. The fourth-order valence-electron chi connectivity index (χ4n) is 3.51. The Balaban J connectivity index is 1.35. The van der Waals surface area contributed by atoms with E-state index < -0.39 is 0 Å². The molecular formula is C22H22ClN3O3S. The Labute approximate surface area is 183 Å². The molecule has 156 valence electrons. The predicted octanol–water partition coefficient (Wildman–Crippen LogP) is 5.49. The van der Waals surface area contributed by atoms with Crippen LogP contribution in [0.5, 0.6) is 5.75 Å². The maximum Gasteiger partial charge on any atom is 0.262 e. The zero-order chi connectivity index (χ0) is 20.9. The molecule has 1 aliphatic carbocycles. The number of carbonyl (C=O) groups excluding carboxylic acids is 2. The first-order valence-corrected chi connectivity index (χ1v) is 11.2. The minimum Gasteiger partial charge on any atom is -0.484 e. The standard InChI is InChI=1S/C22H22ClN3O3S/c23-15-6-9-17(10-7-15)29-13-20(27)24-16-8-11-19-18(12-16)25-22(30-19)26-21(28)14-4-2-1-3-5-14/h6-12,14H,1-5,13H2,(H,24,27)(H,25,26,28). The summed E-state index contributed by atoms with van der Waals surface area (Å²) in [6, 6.07) is 12.3. The van der Waals surface area contributed by atoms with Crippen LogP contribution in [0.25, 0.3) is 10.2 Å². The highest BCUT2D eigenvalue weighted by molar-refractivity contribution is 7.22. The third kappa shape index (κ3) is 5.29. The quantitative estimate of drug-likeness (QED) is 0.528. The normalized spacial score (nSPS) is 14.4. The first-order valence-electron chi connectivity index (χ1n) is 9.96. The second-order valence-corrected chi connectivity index (χ2v) is 8.78. The number of rotatable bonds is 6. The SMILES string of the molecule is O=C(COc1ccc(Cl)cc1)Nc1ccc2sc(NC(=O)C3CCCCC3)nc2c1. The smallest absolute Gasteiger partial charge is 0.262 e. The summed E-state index contributed by atoms with van der Waals surface area (Å²) in [4.78, 5) is 29.1. The number of anilines is 2. The molecule has 2 aromatic carbocycles. The summed E-state index contributed by atoms with van der Waals surface area (Å²) >= 11 is 7.27. The van der Waals surface area contributed by atoms with Crippen molar-refractivity contribution >= 4 is 55.8 Å². The van der Waals surface area contributed by atoms with Gasteiger partial charge in [0.2, 0.25) is 5.91 Å².